The van der Waals surface area contributed by atoms with Crippen molar-refractivity contribution in [2.24, 2.45) is 11.8 Å². The van der Waals surface area contributed by atoms with Gasteiger partial charge in [-0.15, -0.1) is 0 Å². The van der Waals surface area contributed by atoms with Gasteiger partial charge in [0.1, 0.15) is 12.1 Å². The molecule has 0 bridgehead atoms. The molecule has 2 aliphatic rings. The summed E-state index contributed by atoms with van der Waals surface area (Å²) >= 11 is 0. The zero-order valence-corrected chi connectivity index (χ0v) is 13.7. The lowest BCUT2D eigenvalue weighted by atomic mass is 9.95. The second-order valence-electron chi connectivity index (χ2n) is 6.65. The molecule has 1 heterocycles. The molecule has 2 fully saturated rings. The highest BCUT2D eigenvalue weighted by atomic mass is 16.2. The van der Waals surface area contributed by atoms with E-state index in [4.69, 9.17) is 0 Å². The van der Waals surface area contributed by atoms with Gasteiger partial charge in [-0.2, -0.15) is 0 Å². The summed E-state index contributed by atoms with van der Waals surface area (Å²) in [5.74, 6) is 1.13. The van der Waals surface area contributed by atoms with Crippen molar-refractivity contribution >= 4 is 11.8 Å². The minimum Gasteiger partial charge on any atom is -0.342 e. The molecule has 120 valence electrons. The van der Waals surface area contributed by atoms with Gasteiger partial charge >= 0.3 is 0 Å². The van der Waals surface area contributed by atoms with Crippen LogP contribution in [-0.4, -0.2) is 35.3 Å². The van der Waals surface area contributed by atoms with Crippen molar-refractivity contribution in [1.82, 2.24) is 10.2 Å². The van der Waals surface area contributed by atoms with E-state index in [2.05, 4.69) is 19.2 Å². The zero-order valence-electron chi connectivity index (χ0n) is 13.7. The van der Waals surface area contributed by atoms with Crippen LogP contribution in [-0.2, 0) is 9.59 Å². The average molecular weight is 294 g/mol. The topological polar surface area (TPSA) is 49.4 Å². The van der Waals surface area contributed by atoms with Crippen LogP contribution in [0.25, 0.3) is 0 Å². The predicted octanol–water partition coefficient (Wildman–Crippen LogP) is 2.72. The maximum atomic E-state index is 12.8. The third-order valence-electron chi connectivity index (χ3n) is 5.00. The van der Waals surface area contributed by atoms with Crippen LogP contribution in [0.1, 0.15) is 65.7 Å². The van der Waals surface area contributed by atoms with E-state index in [1.165, 1.54) is 12.8 Å². The van der Waals surface area contributed by atoms with E-state index >= 15 is 0 Å². The molecule has 0 aromatic rings. The molecule has 4 heteroatoms. The maximum Gasteiger partial charge on any atom is 0.246 e. The Balaban J connectivity index is 2.07. The van der Waals surface area contributed by atoms with Crippen molar-refractivity contribution in [1.29, 1.82) is 0 Å². The fourth-order valence-electron chi connectivity index (χ4n) is 3.35. The number of carbonyl (C=O) groups excluding carboxylic acids is 2. The van der Waals surface area contributed by atoms with Crippen LogP contribution in [0.3, 0.4) is 0 Å². The van der Waals surface area contributed by atoms with E-state index in [0.29, 0.717) is 18.3 Å². The monoisotopic (exact) mass is 294 g/mol. The highest BCUT2D eigenvalue weighted by molar-refractivity contribution is 5.97. The van der Waals surface area contributed by atoms with E-state index in [9.17, 15) is 9.59 Å². The van der Waals surface area contributed by atoms with Gasteiger partial charge in [-0.25, -0.2) is 0 Å². The maximum absolute atomic E-state index is 12.8. The number of amides is 2. The normalized spacial score (nSPS) is 27.7. The summed E-state index contributed by atoms with van der Waals surface area (Å²) in [7, 11) is 0. The average Bonchev–Trinajstić information content (AvgIpc) is 3.31. The lowest BCUT2D eigenvalue weighted by Gasteiger charge is -2.40. The molecule has 3 unspecified atom stereocenters. The second-order valence-corrected chi connectivity index (χ2v) is 6.65. The first-order valence-electron chi connectivity index (χ1n) is 8.73. The fourth-order valence-corrected chi connectivity index (χ4v) is 3.35. The molecule has 0 spiro atoms. The van der Waals surface area contributed by atoms with Gasteiger partial charge < -0.3 is 10.2 Å². The van der Waals surface area contributed by atoms with Crippen LogP contribution in [0.4, 0.5) is 0 Å². The first-order valence-corrected chi connectivity index (χ1v) is 8.73. The molecule has 21 heavy (non-hydrogen) atoms. The van der Waals surface area contributed by atoms with Gasteiger partial charge in [0, 0.05) is 6.54 Å². The van der Waals surface area contributed by atoms with Crippen LogP contribution < -0.4 is 5.32 Å². The Kier molecular flexibility index (Phi) is 5.65. The molecule has 2 amide bonds. The van der Waals surface area contributed by atoms with Crippen LogP contribution in [0, 0.1) is 11.8 Å². The first kappa shape index (κ1) is 16.3. The molecule has 1 aliphatic heterocycles. The minimum atomic E-state index is -0.261. The van der Waals surface area contributed by atoms with E-state index in [0.717, 1.165) is 32.2 Å². The number of rotatable bonds is 8. The largest absolute Gasteiger partial charge is 0.342 e. The number of nitrogens with one attached hydrogen (secondary N) is 1. The third-order valence-corrected chi connectivity index (χ3v) is 5.00. The van der Waals surface area contributed by atoms with E-state index in [1.807, 2.05) is 11.8 Å². The van der Waals surface area contributed by atoms with Crippen LogP contribution >= 0.6 is 0 Å². The van der Waals surface area contributed by atoms with Crippen molar-refractivity contribution in [2.45, 2.75) is 77.8 Å². The second kappa shape index (κ2) is 7.28. The van der Waals surface area contributed by atoms with Gasteiger partial charge in [0.15, 0.2) is 0 Å². The number of carbonyl (C=O) groups is 2. The number of hydrogen-bond donors (Lipinski definition) is 1. The van der Waals surface area contributed by atoms with Crippen LogP contribution in [0.2, 0.25) is 0 Å². The van der Waals surface area contributed by atoms with Crippen molar-refractivity contribution in [3.05, 3.63) is 0 Å². The number of piperazine rings is 1. The first-order chi connectivity index (χ1) is 10.1. The molecular formula is C17H30N2O2. The Bertz CT molecular complexity index is 379. The molecule has 2 rings (SSSR count). The van der Waals surface area contributed by atoms with Gasteiger partial charge in [0.25, 0.3) is 0 Å². The Morgan fingerprint density at radius 2 is 1.95 bits per heavy atom. The van der Waals surface area contributed by atoms with Crippen LogP contribution in [0.5, 0.6) is 0 Å². The highest BCUT2D eigenvalue weighted by Crippen LogP contribution is 2.35. The van der Waals surface area contributed by atoms with Gasteiger partial charge in [0.05, 0.1) is 0 Å². The molecule has 1 saturated carbocycles. The fraction of sp³-hybridized carbons (Fsp3) is 0.882. The highest BCUT2D eigenvalue weighted by Gasteiger charge is 2.46. The molecule has 1 N–H and O–H groups in total. The Morgan fingerprint density at radius 1 is 1.24 bits per heavy atom. The molecule has 0 aromatic carbocycles. The number of nitrogens with zero attached hydrogens (tertiary/aromatic N) is 1. The quantitative estimate of drug-likeness (QED) is 0.748. The van der Waals surface area contributed by atoms with Gasteiger partial charge in [0.2, 0.25) is 11.8 Å². The molecule has 1 saturated heterocycles. The standard InChI is InChI=1S/C17H30N2O2/c1-4-7-8-12(5-2)11-19-14(6-3)16(20)18-15(17(19)21)13-9-10-13/h12-15H,4-11H2,1-3H3,(H,18,20). The molecule has 3 atom stereocenters. The summed E-state index contributed by atoms with van der Waals surface area (Å²) < 4.78 is 0. The predicted molar refractivity (Wildman–Crippen MR) is 83.8 cm³/mol. The summed E-state index contributed by atoms with van der Waals surface area (Å²) in [4.78, 5) is 27.0. The summed E-state index contributed by atoms with van der Waals surface area (Å²) in [5.41, 5.74) is 0. The minimum absolute atomic E-state index is 0.0549. The van der Waals surface area contributed by atoms with Crippen molar-refractivity contribution in [3.8, 4) is 0 Å². The lowest BCUT2D eigenvalue weighted by Crippen LogP contribution is -2.64. The zero-order chi connectivity index (χ0) is 15.4. The van der Waals surface area contributed by atoms with Gasteiger partial charge in [-0.05, 0) is 37.5 Å². The molecule has 1 aliphatic carbocycles. The summed E-state index contributed by atoms with van der Waals surface area (Å²) in [6, 6.07) is -0.507. The number of unbranched alkanes of at least 4 members (excludes halogenated alkanes) is 1. The van der Waals surface area contributed by atoms with E-state index in [-0.39, 0.29) is 23.9 Å². The summed E-state index contributed by atoms with van der Waals surface area (Å²) in [6.07, 6.45) is 7.49. The van der Waals surface area contributed by atoms with Crippen molar-refractivity contribution in [2.75, 3.05) is 6.54 Å². The Labute approximate surface area is 128 Å². The van der Waals surface area contributed by atoms with E-state index in [1.54, 1.807) is 0 Å². The summed E-state index contributed by atoms with van der Waals surface area (Å²) in [6.45, 7) is 7.14. The van der Waals surface area contributed by atoms with Crippen molar-refractivity contribution < 1.29 is 9.59 Å². The molecule has 0 aromatic heterocycles. The lowest BCUT2D eigenvalue weighted by molar-refractivity contribution is -0.150. The van der Waals surface area contributed by atoms with Crippen LogP contribution in [0.15, 0.2) is 0 Å². The number of hydrogen-bond acceptors (Lipinski definition) is 2. The molecule has 0 radical (unpaired) electrons. The SMILES string of the molecule is CCCCC(CC)CN1C(=O)C(C2CC2)NC(=O)C1CC. The van der Waals surface area contributed by atoms with Gasteiger partial charge in [-0.1, -0.05) is 40.0 Å². The van der Waals surface area contributed by atoms with Crippen molar-refractivity contribution in [3.63, 3.8) is 0 Å². The van der Waals surface area contributed by atoms with E-state index < -0.39 is 0 Å². The molecule has 4 nitrogen and oxygen atoms in total. The summed E-state index contributed by atoms with van der Waals surface area (Å²) in [5, 5.41) is 2.96. The molecular weight excluding hydrogens is 264 g/mol. The third kappa shape index (κ3) is 3.78. The Morgan fingerprint density at radius 3 is 2.48 bits per heavy atom. The smallest absolute Gasteiger partial charge is 0.246 e. The Hall–Kier alpha value is -1.06. The van der Waals surface area contributed by atoms with Gasteiger partial charge in [-0.3, -0.25) is 9.59 Å².